The topological polar surface area (TPSA) is 67.6 Å². The molecule has 1 aliphatic carbocycles. The second-order valence-electron chi connectivity index (χ2n) is 6.36. The van der Waals surface area contributed by atoms with E-state index in [4.69, 9.17) is 10.5 Å². The minimum atomic E-state index is -0.423. The predicted molar refractivity (Wildman–Crippen MR) is 79.5 cm³/mol. The van der Waals surface area contributed by atoms with Crippen LogP contribution in [0, 0.1) is 0 Å². The van der Waals surface area contributed by atoms with Gasteiger partial charge in [0.2, 0.25) is 5.91 Å². The number of hydrogen-bond acceptors (Lipinski definition) is 4. The van der Waals surface area contributed by atoms with E-state index in [9.17, 15) is 4.79 Å². The number of ether oxygens (including phenoxy) is 1. The molecule has 1 heterocycles. The molecule has 0 radical (unpaired) electrons. The number of hydrogen-bond donors (Lipinski definition) is 2. The number of nitrogens with one attached hydrogen (secondary N) is 1. The molecule has 0 bridgehead atoms. The molecule has 2 rings (SSSR count). The fraction of sp³-hybridized carbons (Fsp3) is 0.933. The van der Waals surface area contributed by atoms with Gasteiger partial charge in [0.25, 0.3) is 0 Å². The highest BCUT2D eigenvalue weighted by atomic mass is 16.5. The lowest BCUT2D eigenvalue weighted by Gasteiger charge is -2.45. The van der Waals surface area contributed by atoms with Crippen LogP contribution in [0.5, 0.6) is 0 Å². The summed E-state index contributed by atoms with van der Waals surface area (Å²) in [7, 11) is 1.80. The molecule has 0 spiro atoms. The van der Waals surface area contributed by atoms with Gasteiger partial charge in [0.1, 0.15) is 0 Å². The molecule has 3 N–H and O–H groups in total. The standard InChI is InChI=1S/C15H29N3O2/c1-12(16)14(19)17-11-15(7-3-4-8-15)18-9-5-13(20-2)6-10-18/h12-13H,3-11,16H2,1-2H3,(H,17,19)/t12-/m1/s1. The van der Waals surface area contributed by atoms with Gasteiger partial charge in [0.05, 0.1) is 12.1 Å². The van der Waals surface area contributed by atoms with Crippen LogP contribution in [0.3, 0.4) is 0 Å². The Hall–Kier alpha value is -0.650. The lowest BCUT2D eigenvalue weighted by Crippen LogP contribution is -2.58. The average molecular weight is 283 g/mol. The fourth-order valence-electron chi connectivity index (χ4n) is 3.62. The monoisotopic (exact) mass is 283 g/mol. The van der Waals surface area contributed by atoms with Crippen molar-refractivity contribution in [2.24, 2.45) is 5.73 Å². The van der Waals surface area contributed by atoms with Gasteiger partial charge in [-0.15, -0.1) is 0 Å². The Bertz CT molecular complexity index is 319. The minimum Gasteiger partial charge on any atom is -0.381 e. The second-order valence-corrected chi connectivity index (χ2v) is 6.36. The molecule has 2 fully saturated rings. The van der Waals surface area contributed by atoms with Crippen molar-refractivity contribution in [1.82, 2.24) is 10.2 Å². The molecule has 1 amide bonds. The van der Waals surface area contributed by atoms with Gasteiger partial charge in [-0.25, -0.2) is 0 Å². The maximum absolute atomic E-state index is 11.7. The summed E-state index contributed by atoms with van der Waals surface area (Å²) in [6.07, 6.45) is 7.49. The SMILES string of the molecule is COC1CCN(C2(CNC(=O)[C@@H](C)N)CCCC2)CC1. The molecule has 1 saturated carbocycles. The summed E-state index contributed by atoms with van der Waals surface area (Å²) in [5.74, 6) is -0.0388. The van der Waals surface area contributed by atoms with Crippen LogP contribution in [0.4, 0.5) is 0 Å². The van der Waals surface area contributed by atoms with E-state index in [1.165, 1.54) is 25.7 Å². The molecular weight excluding hydrogens is 254 g/mol. The molecule has 5 heteroatoms. The summed E-state index contributed by atoms with van der Waals surface area (Å²) in [6.45, 7) is 4.63. The van der Waals surface area contributed by atoms with Gasteiger partial charge in [-0.3, -0.25) is 9.69 Å². The first-order valence-corrected chi connectivity index (χ1v) is 7.88. The average Bonchev–Trinajstić information content (AvgIpc) is 2.95. The van der Waals surface area contributed by atoms with Crippen LogP contribution in [-0.2, 0) is 9.53 Å². The zero-order chi connectivity index (χ0) is 14.6. The van der Waals surface area contributed by atoms with Crippen LogP contribution in [0.2, 0.25) is 0 Å². The van der Waals surface area contributed by atoms with Crippen molar-refractivity contribution in [2.75, 3.05) is 26.7 Å². The van der Waals surface area contributed by atoms with Crippen LogP contribution in [0.25, 0.3) is 0 Å². The van der Waals surface area contributed by atoms with E-state index in [0.717, 1.165) is 32.5 Å². The molecule has 1 aliphatic heterocycles. The Morgan fingerprint density at radius 2 is 2.00 bits per heavy atom. The molecule has 0 aromatic rings. The molecule has 1 saturated heterocycles. The summed E-state index contributed by atoms with van der Waals surface area (Å²) in [4.78, 5) is 14.3. The highest BCUT2D eigenvalue weighted by Gasteiger charge is 2.41. The molecule has 0 unspecified atom stereocenters. The Morgan fingerprint density at radius 3 is 2.50 bits per heavy atom. The van der Waals surface area contributed by atoms with Gasteiger partial charge < -0.3 is 15.8 Å². The smallest absolute Gasteiger partial charge is 0.236 e. The molecule has 2 aliphatic rings. The Balaban J connectivity index is 1.94. The van der Waals surface area contributed by atoms with E-state index in [0.29, 0.717) is 6.10 Å². The minimum absolute atomic E-state index is 0.0388. The van der Waals surface area contributed by atoms with Crippen LogP contribution in [-0.4, -0.2) is 55.2 Å². The number of carbonyl (C=O) groups excluding carboxylic acids is 1. The van der Waals surface area contributed by atoms with E-state index in [2.05, 4.69) is 10.2 Å². The maximum atomic E-state index is 11.7. The Kier molecular flexibility index (Phi) is 5.41. The van der Waals surface area contributed by atoms with Gasteiger partial charge in [-0.05, 0) is 32.6 Å². The van der Waals surface area contributed by atoms with Crippen molar-refractivity contribution < 1.29 is 9.53 Å². The molecule has 116 valence electrons. The van der Waals surface area contributed by atoms with Crippen LogP contribution >= 0.6 is 0 Å². The number of piperidine rings is 1. The van der Waals surface area contributed by atoms with E-state index in [1.54, 1.807) is 14.0 Å². The molecule has 20 heavy (non-hydrogen) atoms. The number of rotatable bonds is 5. The first kappa shape index (κ1) is 15.7. The second kappa shape index (κ2) is 6.87. The number of amides is 1. The summed E-state index contributed by atoms with van der Waals surface area (Å²) >= 11 is 0. The summed E-state index contributed by atoms with van der Waals surface area (Å²) in [5, 5.41) is 3.05. The molecular formula is C15H29N3O2. The summed E-state index contributed by atoms with van der Waals surface area (Å²) < 4.78 is 5.45. The van der Waals surface area contributed by atoms with Gasteiger partial charge in [0.15, 0.2) is 0 Å². The number of carbonyl (C=O) groups is 1. The zero-order valence-electron chi connectivity index (χ0n) is 12.9. The Labute approximate surface area is 122 Å². The van der Waals surface area contributed by atoms with E-state index in [-0.39, 0.29) is 11.4 Å². The van der Waals surface area contributed by atoms with E-state index >= 15 is 0 Å². The number of likely N-dealkylation sites (tertiary alicyclic amines) is 1. The normalized spacial score (nSPS) is 25.6. The largest absolute Gasteiger partial charge is 0.381 e. The number of nitrogens with two attached hydrogens (primary N) is 1. The van der Waals surface area contributed by atoms with Crippen LogP contribution < -0.4 is 11.1 Å². The van der Waals surface area contributed by atoms with Gasteiger partial charge >= 0.3 is 0 Å². The van der Waals surface area contributed by atoms with E-state index < -0.39 is 6.04 Å². The molecule has 5 nitrogen and oxygen atoms in total. The third kappa shape index (κ3) is 3.51. The molecule has 1 atom stereocenters. The number of nitrogens with zero attached hydrogens (tertiary/aromatic N) is 1. The third-order valence-electron chi connectivity index (χ3n) is 4.99. The summed E-state index contributed by atoms with van der Waals surface area (Å²) in [5.41, 5.74) is 5.79. The highest BCUT2D eigenvalue weighted by molar-refractivity contribution is 5.81. The lowest BCUT2D eigenvalue weighted by atomic mass is 9.91. The van der Waals surface area contributed by atoms with E-state index in [1.807, 2.05) is 0 Å². The fourth-order valence-corrected chi connectivity index (χ4v) is 3.62. The van der Waals surface area contributed by atoms with Crippen molar-refractivity contribution in [1.29, 1.82) is 0 Å². The highest BCUT2D eigenvalue weighted by Crippen LogP contribution is 2.36. The lowest BCUT2D eigenvalue weighted by molar-refractivity contribution is -0.122. The van der Waals surface area contributed by atoms with Gasteiger partial charge in [-0.1, -0.05) is 12.8 Å². The van der Waals surface area contributed by atoms with Crippen LogP contribution in [0.15, 0.2) is 0 Å². The van der Waals surface area contributed by atoms with Crippen molar-refractivity contribution in [3.63, 3.8) is 0 Å². The van der Waals surface area contributed by atoms with Crippen LogP contribution in [0.1, 0.15) is 45.4 Å². The quantitative estimate of drug-likeness (QED) is 0.786. The first-order chi connectivity index (χ1) is 9.57. The van der Waals surface area contributed by atoms with Crippen molar-refractivity contribution in [3.8, 4) is 0 Å². The zero-order valence-corrected chi connectivity index (χ0v) is 12.9. The third-order valence-corrected chi connectivity index (χ3v) is 4.99. The van der Waals surface area contributed by atoms with Crippen molar-refractivity contribution in [2.45, 2.75) is 63.1 Å². The summed E-state index contributed by atoms with van der Waals surface area (Å²) in [6, 6.07) is -0.423. The molecule has 0 aromatic carbocycles. The first-order valence-electron chi connectivity index (χ1n) is 7.88. The number of methoxy groups -OCH3 is 1. The van der Waals surface area contributed by atoms with Gasteiger partial charge in [0, 0.05) is 32.3 Å². The van der Waals surface area contributed by atoms with Crippen molar-refractivity contribution >= 4 is 5.91 Å². The molecule has 0 aromatic heterocycles. The Morgan fingerprint density at radius 1 is 1.40 bits per heavy atom. The van der Waals surface area contributed by atoms with Gasteiger partial charge in [-0.2, -0.15) is 0 Å². The van der Waals surface area contributed by atoms with Crippen molar-refractivity contribution in [3.05, 3.63) is 0 Å². The maximum Gasteiger partial charge on any atom is 0.236 e. The predicted octanol–water partition coefficient (Wildman–Crippen LogP) is 0.873.